The number of anilines is 1. The van der Waals surface area contributed by atoms with Crippen molar-refractivity contribution in [1.82, 2.24) is 20.1 Å². The fourth-order valence-corrected chi connectivity index (χ4v) is 2.82. The first kappa shape index (κ1) is 26.0. The maximum atomic E-state index is 12.5. The maximum Gasteiger partial charge on any atom is 0.417 e. The summed E-state index contributed by atoms with van der Waals surface area (Å²) in [6.45, 7) is 5.79. The first-order valence-electron chi connectivity index (χ1n) is 9.49. The van der Waals surface area contributed by atoms with Crippen LogP contribution < -0.4 is 10.6 Å². The Bertz CT molecular complexity index is 679. The van der Waals surface area contributed by atoms with Crippen LogP contribution in [0.3, 0.4) is 0 Å². The first-order valence-corrected chi connectivity index (χ1v) is 9.49. The molecule has 2 rings (SSSR count). The van der Waals surface area contributed by atoms with Gasteiger partial charge in [0, 0.05) is 52.5 Å². The van der Waals surface area contributed by atoms with Crippen molar-refractivity contribution >= 4 is 41.8 Å². The molecule has 0 spiro atoms. The molecule has 1 saturated heterocycles. The molecule has 0 saturated carbocycles. The van der Waals surface area contributed by atoms with Crippen LogP contribution in [0.4, 0.5) is 23.8 Å². The number of aliphatic imine (C=N–C) groups is 1. The average Bonchev–Trinajstić information content (AvgIpc) is 2.71. The van der Waals surface area contributed by atoms with Gasteiger partial charge < -0.3 is 25.2 Å². The third-order valence-electron chi connectivity index (χ3n) is 4.35. The van der Waals surface area contributed by atoms with E-state index in [4.69, 9.17) is 4.74 Å². The minimum atomic E-state index is -4.38. The number of rotatable bonds is 6. The molecule has 0 atom stereocenters. The minimum Gasteiger partial charge on any atom is -0.450 e. The minimum absolute atomic E-state index is 0. The molecule has 1 fully saturated rings. The van der Waals surface area contributed by atoms with Crippen molar-refractivity contribution in [3.8, 4) is 0 Å². The Morgan fingerprint density at radius 3 is 2.40 bits per heavy atom. The number of alkyl halides is 3. The second kappa shape index (κ2) is 12.6. The second-order valence-corrected chi connectivity index (χ2v) is 6.36. The van der Waals surface area contributed by atoms with Gasteiger partial charge in [-0.15, -0.1) is 24.0 Å². The lowest BCUT2D eigenvalue weighted by molar-refractivity contribution is -0.137. The van der Waals surface area contributed by atoms with Gasteiger partial charge >= 0.3 is 12.3 Å². The van der Waals surface area contributed by atoms with Gasteiger partial charge in [-0.05, 0) is 25.5 Å². The number of piperazine rings is 1. The van der Waals surface area contributed by atoms with Gasteiger partial charge in [0.25, 0.3) is 0 Å². The topological polar surface area (TPSA) is 82.1 Å². The summed E-state index contributed by atoms with van der Waals surface area (Å²) >= 11 is 0. The summed E-state index contributed by atoms with van der Waals surface area (Å²) in [5, 5.41) is 6.25. The Hall–Kier alpha value is -1.99. The molecule has 8 nitrogen and oxygen atoms in total. The molecule has 1 aromatic heterocycles. The van der Waals surface area contributed by atoms with E-state index >= 15 is 0 Å². The van der Waals surface area contributed by atoms with E-state index in [9.17, 15) is 18.0 Å². The Morgan fingerprint density at radius 1 is 1.20 bits per heavy atom. The van der Waals surface area contributed by atoms with Crippen LogP contribution in [-0.4, -0.2) is 79.8 Å². The molecule has 0 aromatic carbocycles. The quantitative estimate of drug-likeness (QED) is 0.248. The number of ether oxygens (including phenoxy) is 1. The predicted molar refractivity (Wildman–Crippen MR) is 119 cm³/mol. The highest BCUT2D eigenvalue weighted by molar-refractivity contribution is 14.0. The molecule has 0 radical (unpaired) electrons. The van der Waals surface area contributed by atoms with E-state index < -0.39 is 11.7 Å². The van der Waals surface area contributed by atoms with Crippen LogP contribution in [0, 0.1) is 0 Å². The molecule has 0 unspecified atom stereocenters. The molecule has 12 heteroatoms. The monoisotopic (exact) mass is 544 g/mol. The first-order chi connectivity index (χ1) is 13.8. The number of carbonyl (C=O) groups is 1. The van der Waals surface area contributed by atoms with E-state index in [2.05, 4.69) is 25.5 Å². The van der Waals surface area contributed by atoms with Crippen molar-refractivity contribution in [2.45, 2.75) is 19.5 Å². The number of pyridine rings is 1. The molecular weight excluding hydrogens is 516 g/mol. The van der Waals surface area contributed by atoms with Gasteiger partial charge in [0.15, 0.2) is 5.96 Å². The number of hydrogen-bond acceptors (Lipinski definition) is 5. The second-order valence-electron chi connectivity index (χ2n) is 6.36. The molecule has 1 aromatic rings. The zero-order valence-electron chi connectivity index (χ0n) is 17.0. The lowest BCUT2D eigenvalue weighted by atomic mass is 10.3. The van der Waals surface area contributed by atoms with Gasteiger partial charge in [0.2, 0.25) is 0 Å². The maximum absolute atomic E-state index is 12.5. The van der Waals surface area contributed by atoms with Gasteiger partial charge in [0.1, 0.15) is 5.82 Å². The van der Waals surface area contributed by atoms with E-state index in [0.29, 0.717) is 51.7 Å². The number of amides is 1. The van der Waals surface area contributed by atoms with Crippen LogP contribution in [0.25, 0.3) is 0 Å². The van der Waals surface area contributed by atoms with Crippen LogP contribution in [0.15, 0.2) is 23.3 Å². The largest absolute Gasteiger partial charge is 0.450 e. The Morgan fingerprint density at radius 2 is 1.87 bits per heavy atom. The lowest BCUT2D eigenvalue weighted by Gasteiger charge is -2.35. The number of hydrogen-bond donors (Lipinski definition) is 2. The number of carbonyl (C=O) groups excluding carboxylic acids is 1. The molecule has 1 amide bonds. The molecule has 1 aliphatic heterocycles. The normalized spacial score (nSPS) is 14.8. The Balaban J connectivity index is 0.00000450. The molecule has 2 N–H and O–H groups in total. The van der Waals surface area contributed by atoms with E-state index in [-0.39, 0.29) is 30.1 Å². The van der Waals surface area contributed by atoms with E-state index in [1.807, 2.05) is 0 Å². The molecular formula is C18H28F3IN6O2. The number of aromatic nitrogens is 1. The SMILES string of the molecule is CCOC(=O)N1CCN(C(=NC)NCCCNc2ccc(C(F)(F)F)cn2)CC1.I. The van der Waals surface area contributed by atoms with Crippen molar-refractivity contribution in [2.75, 3.05) is 58.2 Å². The zero-order chi connectivity index (χ0) is 21.3. The summed E-state index contributed by atoms with van der Waals surface area (Å²) in [6, 6.07) is 2.32. The van der Waals surface area contributed by atoms with Gasteiger partial charge in [0.05, 0.1) is 12.2 Å². The third kappa shape index (κ3) is 8.03. The number of nitrogens with one attached hydrogen (secondary N) is 2. The van der Waals surface area contributed by atoms with Crippen LogP contribution in [0.5, 0.6) is 0 Å². The van der Waals surface area contributed by atoms with E-state index in [0.717, 1.165) is 24.6 Å². The predicted octanol–water partition coefficient (Wildman–Crippen LogP) is 2.87. The third-order valence-corrected chi connectivity index (χ3v) is 4.35. The van der Waals surface area contributed by atoms with Gasteiger partial charge in [-0.2, -0.15) is 13.2 Å². The summed E-state index contributed by atoms with van der Waals surface area (Å²) in [7, 11) is 1.70. The van der Waals surface area contributed by atoms with E-state index in [1.165, 1.54) is 6.07 Å². The van der Waals surface area contributed by atoms with Crippen LogP contribution >= 0.6 is 24.0 Å². The smallest absolute Gasteiger partial charge is 0.417 e. The summed E-state index contributed by atoms with van der Waals surface area (Å²) in [5.74, 6) is 1.15. The summed E-state index contributed by atoms with van der Waals surface area (Å²) in [6.07, 6.45) is -3.13. The molecule has 0 bridgehead atoms. The van der Waals surface area contributed by atoms with Crippen molar-refractivity contribution in [2.24, 2.45) is 4.99 Å². The lowest BCUT2D eigenvalue weighted by Crippen LogP contribution is -2.54. The zero-order valence-corrected chi connectivity index (χ0v) is 19.4. The van der Waals surface area contributed by atoms with Gasteiger partial charge in [-0.25, -0.2) is 9.78 Å². The summed E-state index contributed by atoms with van der Waals surface area (Å²) in [5.41, 5.74) is -0.767. The standard InChI is InChI=1S/C18H27F3N6O2.HI/c1-3-29-17(28)27-11-9-26(10-12-27)16(22-2)24-8-4-7-23-15-6-5-14(13-25-15)18(19,20)21;/h5-6,13H,3-4,7-12H2,1-2H3,(H,22,24)(H,23,25);1H. The van der Waals surface area contributed by atoms with Crippen LogP contribution in [0.2, 0.25) is 0 Å². The molecule has 2 heterocycles. The highest BCUT2D eigenvalue weighted by atomic mass is 127. The number of halogens is 4. The molecule has 170 valence electrons. The number of nitrogens with zero attached hydrogens (tertiary/aromatic N) is 4. The highest BCUT2D eigenvalue weighted by Gasteiger charge is 2.30. The number of guanidine groups is 1. The molecule has 0 aliphatic carbocycles. The van der Waals surface area contributed by atoms with E-state index in [1.54, 1.807) is 18.9 Å². The van der Waals surface area contributed by atoms with Crippen molar-refractivity contribution in [3.05, 3.63) is 23.9 Å². The summed E-state index contributed by atoms with van der Waals surface area (Å²) in [4.78, 5) is 23.5. The molecule has 30 heavy (non-hydrogen) atoms. The fourth-order valence-electron chi connectivity index (χ4n) is 2.82. The highest BCUT2D eigenvalue weighted by Crippen LogP contribution is 2.28. The van der Waals surface area contributed by atoms with Crippen molar-refractivity contribution < 1.29 is 22.7 Å². The fraction of sp³-hybridized carbons (Fsp3) is 0.611. The summed E-state index contributed by atoms with van der Waals surface area (Å²) < 4.78 is 42.6. The Kier molecular flexibility index (Phi) is 11.0. The van der Waals surface area contributed by atoms with Crippen LogP contribution in [-0.2, 0) is 10.9 Å². The van der Waals surface area contributed by atoms with Gasteiger partial charge in [-0.3, -0.25) is 4.99 Å². The van der Waals surface area contributed by atoms with Crippen molar-refractivity contribution in [1.29, 1.82) is 0 Å². The van der Waals surface area contributed by atoms with Crippen LogP contribution in [0.1, 0.15) is 18.9 Å². The Labute approximate surface area is 191 Å². The van der Waals surface area contributed by atoms with Gasteiger partial charge in [-0.1, -0.05) is 0 Å². The molecule has 1 aliphatic rings. The average molecular weight is 544 g/mol. The van der Waals surface area contributed by atoms with Crippen molar-refractivity contribution in [3.63, 3.8) is 0 Å².